The second-order valence-electron chi connectivity index (χ2n) is 6.49. The van der Waals surface area contributed by atoms with E-state index in [9.17, 15) is 13.7 Å². The van der Waals surface area contributed by atoms with Gasteiger partial charge < -0.3 is 0 Å². The Morgan fingerprint density at radius 1 is 1.10 bits per heavy atom. The third kappa shape index (κ3) is 4.00. The van der Waals surface area contributed by atoms with Crippen molar-refractivity contribution >= 4 is 71.8 Å². The maximum absolute atomic E-state index is 13.3. The summed E-state index contributed by atoms with van der Waals surface area (Å²) in [4.78, 5) is 4.43. The number of nitrogens with zero attached hydrogens (tertiary/aromatic N) is 3. The highest BCUT2D eigenvalue weighted by Gasteiger charge is 2.22. The van der Waals surface area contributed by atoms with Crippen LogP contribution in [0.1, 0.15) is 11.1 Å². The van der Waals surface area contributed by atoms with E-state index < -0.39 is 10.0 Å². The van der Waals surface area contributed by atoms with Gasteiger partial charge in [0.15, 0.2) is 5.65 Å². The Morgan fingerprint density at radius 3 is 2.42 bits per heavy atom. The Labute approximate surface area is 197 Å². The number of benzene rings is 2. The van der Waals surface area contributed by atoms with Crippen LogP contribution >= 0.6 is 39.1 Å². The predicted molar refractivity (Wildman–Crippen MR) is 126 cm³/mol. The summed E-state index contributed by atoms with van der Waals surface area (Å²) in [7, 11) is -3.91. The van der Waals surface area contributed by atoms with Crippen molar-refractivity contribution in [3.63, 3.8) is 0 Å². The highest BCUT2D eigenvalue weighted by Crippen LogP contribution is 2.34. The van der Waals surface area contributed by atoms with Gasteiger partial charge in [-0.3, -0.25) is 0 Å². The van der Waals surface area contributed by atoms with Crippen molar-refractivity contribution < 1.29 is 8.42 Å². The first-order valence-electron chi connectivity index (χ1n) is 8.86. The molecular weight excluding hydrogens is 521 g/mol. The van der Waals surface area contributed by atoms with Crippen LogP contribution in [-0.2, 0) is 10.0 Å². The SMILES string of the molecule is N#C/C(=C/c1cn(S(=O)(=O)c2ccccc2)c2ncc(Br)cc12)c1c(Cl)cccc1Cl. The van der Waals surface area contributed by atoms with Gasteiger partial charge in [-0.1, -0.05) is 47.5 Å². The first kappa shape index (κ1) is 21.6. The highest BCUT2D eigenvalue weighted by atomic mass is 79.9. The Balaban J connectivity index is 1.99. The molecule has 0 aliphatic rings. The number of halogens is 3. The molecule has 0 saturated heterocycles. The third-order valence-corrected chi connectivity index (χ3v) is 7.29. The number of nitriles is 1. The molecule has 0 spiro atoms. The largest absolute Gasteiger partial charge is 0.269 e. The summed E-state index contributed by atoms with van der Waals surface area (Å²) in [5.41, 5.74) is 1.30. The van der Waals surface area contributed by atoms with Crippen molar-refractivity contribution in [3.05, 3.63) is 92.6 Å². The zero-order valence-corrected chi connectivity index (χ0v) is 19.5. The fourth-order valence-corrected chi connectivity index (χ4v) is 5.44. The summed E-state index contributed by atoms with van der Waals surface area (Å²) in [5, 5.41) is 11.0. The van der Waals surface area contributed by atoms with Crippen molar-refractivity contribution in [2.45, 2.75) is 4.90 Å². The lowest BCUT2D eigenvalue weighted by Gasteiger charge is -2.06. The van der Waals surface area contributed by atoms with E-state index in [2.05, 4.69) is 27.0 Å². The van der Waals surface area contributed by atoms with Gasteiger partial charge in [0.2, 0.25) is 0 Å². The lowest BCUT2D eigenvalue weighted by atomic mass is 10.0. The Kier molecular flexibility index (Phi) is 5.91. The van der Waals surface area contributed by atoms with Gasteiger partial charge in [-0.15, -0.1) is 0 Å². The lowest BCUT2D eigenvalue weighted by Crippen LogP contribution is -2.12. The van der Waals surface area contributed by atoms with E-state index in [-0.39, 0.29) is 16.1 Å². The van der Waals surface area contributed by atoms with E-state index >= 15 is 0 Å². The molecule has 0 fully saturated rings. The number of hydrogen-bond acceptors (Lipinski definition) is 4. The average molecular weight is 533 g/mol. The molecule has 31 heavy (non-hydrogen) atoms. The van der Waals surface area contributed by atoms with Crippen molar-refractivity contribution in [2.75, 3.05) is 0 Å². The predicted octanol–water partition coefficient (Wildman–Crippen LogP) is 6.41. The molecule has 0 aliphatic heterocycles. The van der Waals surface area contributed by atoms with Gasteiger partial charge in [0.05, 0.1) is 26.6 Å². The van der Waals surface area contributed by atoms with Crippen LogP contribution < -0.4 is 0 Å². The van der Waals surface area contributed by atoms with Crippen LogP contribution in [0.25, 0.3) is 22.7 Å². The van der Waals surface area contributed by atoms with E-state index in [4.69, 9.17) is 23.2 Å². The molecule has 5 nitrogen and oxygen atoms in total. The summed E-state index contributed by atoms with van der Waals surface area (Å²) < 4.78 is 28.3. The quantitative estimate of drug-likeness (QED) is 0.285. The highest BCUT2D eigenvalue weighted by molar-refractivity contribution is 9.10. The molecule has 9 heteroatoms. The molecule has 4 rings (SSSR count). The molecule has 0 aliphatic carbocycles. The number of hydrogen-bond donors (Lipinski definition) is 0. The smallest absolute Gasteiger partial charge is 0.236 e. The van der Waals surface area contributed by atoms with Gasteiger partial charge >= 0.3 is 0 Å². The average Bonchev–Trinajstić information content (AvgIpc) is 3.11. The maximum Gasteiger partial charge on any atom is 0.269 e. The molecule has 0 amide bonds. The van der Waals surface area contributed by atoms with E-state index in [0.29, 0.717) is 31.0 Å². The van der Waals surface area contributed by atoms with Crippen LogP contribution in [0.15, 0.2) is 76.4 Å². The van der Waals surface area contributed by atoms with Crippen LogP contribution in [0.2, 0.25) is 10.0 Å². The monoisotopic (exact) mass is 531 g/mol. The first-order chi connectivity index (χ1) is 14.8. The van der Waals surface area contributed by atoms with Gasteiger partial charge in [-0.25, -0.2) is 17.4 Å². The summed E-state index contributed by atoms with van der Waals surface area (Å²) in [5.74, 6) is 0. The molecule has 0 unspecified atom stereocenters. The molecule has 0 atom stereocenters. The van der Waals surface area contributed by atoms with Crippen LogP contribution in [0.4, 0.5) is 0 Å². The van der Waals surface area contributed by atoms with E-state index in [1.807, 2.05) is 0 Å². The maximum atomic E-state index is 13.3. The fraction of sp³-hybridized carbons (Fsp3) is 0. The van der Waals surface area contributed by atoms with Crippen LogP contribution in [0, 0.1) is 11.3 Å². The molecule has 0 radical (unpaired) electrons. The minimum atomic E-state index is -3.91. The second kappa shape index (κ2) is 8.48. The molecule has 4 aromatic rings. The fourth-order valence-electron chi connectivity index (χ4n) is 3.15. The standard InChI is InChI=1S/C22H12BrCl2N3O2S/c23-16-10-18-15(9-14(11-26)21-19(24)7-4-8-20(21)25)13-28(22(18)27-12-16)31(29,30)17-5-2-1-3-6-17/h1-10,12-13H/b14-9-. The molecular formula is C22H12BrCl2N3O2S. The van der Waals surface area contributed by atoms with Gasteiger partial charge in [0.25, 0.3) is 10.0 Å². The molecule has 154 valence electrons. The van der Waals surface area contributed by atoms with Gasteiger partial charge in [0.1, 0.15) is 0 Å². The first-order valence-corrected chi connectivity index (χ1v) is 11.8. The van der Waals surface area contributed by atoms with Crippen LogP contribution in [0.5, 0.6) is 0 Å². The zero-order valence-electron chi connectivity index (χ0n) is 15.6. The molecule has 0 N–H and O–H groups in total. The van der Waals surface area contributed by atoms with E-state index in [1.165, 1.54) is 24.5 Å². The number of aromatic nitrogens is 2. The van der Waals surface area contributed by atoms with Crippen molar-refractivity contribution in [2.24, 2.45) is 0 Å². The van der Waals surface area contributed by atoms with Crippen LogP contribution in [0.3, 0.4) is 0 Å². The van der Waals surface area contributed by atoms with Crippen LogP contribution in [-0.4, -0.2) is 17.4 Å². The number of fused-ring (bicyclic) bond motifs is 1. The minimum absolute atomic E-state index is 0.127. The number of rotatable bonds is 4. The number of pyridine rings is 1. The van der Waals surface area contributed by atoms with Crippen molar-refractivity contribution in [3.8, 4) is 6.07 Å². The Morgan fingerprint density at radius 2 is 1.77 bits per heavy atom. The Bertz CT molecular complexity index is 1470. The molecule has 2 aromatic carbocycles. The summed E-state index contributed by atoms with van der Waals surface area (Å²) in [6.45, 7) is 0. The zero-order chi connectivity index (χ0) is 22.2. The Hall–Kier alpha value is -2.63. The molecule has 2 aromatic heterocycles. The molecule has 2 heterocycles. The van der Waals surface area contributed by atoms with Gasteiger partial charge in [0, 0.05) is 33.4 Å². The van der Waals surface area contributed by atoms with Crippen molar-refractivity contribution in [1.82, 2.24) is 8.96 Å². The van der Waals surface area contributed by atoms with E-state index in [0.717, 1.165) is 3.97 Å². The van der Waals surface area contributed by atoms with Gasteiger partial charge in [-0.05, 0) is 52.3 Å². The van der Waals surface area contributed by atoms with Gasteiger partial charge in [-0.2, -0.15) is 5.26 Å². The third-order valence-electron chi connectivity index (χ3n) is 4.56. The summed E-state index contributed by atoms with van der Waals surface area (Å²) in [6, 6.07) is 16.9. The summed E-state index contributed by atoms with van der Waals surface area (Å²) >= 11 is 15.9. The van der Waals surface area contributed by atoms with Crippen molar-refractivity contribution in [1.29, 1.82) is 5.26 Å². The lowest BCUT2D eigenvalue weighted by molar-refractivity contribution is 0.588. The number of allylic oxidation sites excluding steroid dienone is 1. The van der Waals surface area contributed by atoms with E-state index in [1.54, 1.807) is 48.5 Å². The normalized spacial score (nSPS) is 12.1. The molecule has 0 bridgehead atoms. The minimum Gasteiger partial charge on any atom is -0.236 e. The summed E-state index contributed by atoms with van der Waals surface area (Å²) in [6.07, 6.45) is 4.51. The topological polar surface area (TPSA) is 75.8 Å². The second-order valence-corrected chi connectivity index (χ2v) is 10.0. The molecule has 0 saturated carbocycles.